The molecule has 53 heavy (non-hydrogen) atoms. The summed E-state index contributed by atoms with van der Waals surface area (Å²) in [5, 5.41) is 9.75. The number of amides is 2. The van der Waals surface area contributed by atoms with E-state index in [1.807, 2.05) is 103 Å². The van der Waals surface area contributed by atoms with Crippen LogP contribution in [0.3, 0.4) is 0 Å². The van der Waals surface area contributed by atoms with E-state index >= 15 is 0 Å². The minimum Gasteiger partial charge on any atom is -0.497 e. The van der Waals surface area contributed by atoms with Gasteiger partial charge in [-0.2, -0.15) is 5.10 Å². The Morgan fingerprint density at radius 3 is 2.08 bits per heavy atom. The van der Waals surface area contributed by atoms with Crippen molar-refractivity contribution in [2.75, 3.05) is 57.2 Å². The Balaban J connectivity index is 1.26. The number of hydrogen-bond acceptors (Lipinski definition) is 9. The first-order valence-corrected chi connectivity index (χ1v) is 18.1. The van der Waals surface area contributed by atoms with Crippen molar-refractivity contribution in [1.82, 2.24) is 24.6 Å². The standard InChI is InChI=1S/C41H47N7O5/c1-41(2,3)53-40(50)46-21-19-45(20-22-46)37-34(30-9-7-6-8-10-30)24-42-39-36(37)38(44-48(39)26-29-13-17-33(52-5)18-14-29)43-31-23-35(49)47(27-31)25-28-11-15-32(51-4)16-12-28/h6-18,24,31H,19-23,25-27H2,1-5H3,(H,43,44). The van der Waals surface area contributed by atoms with Crippen molar-refractivity contribution in [2.24, 2.45) is 0 Å². The van der Waals surface area contributed by atoms with Crippen molar-refractivity contribution in [1.29, 1.82) is 0 Å². The van der Waals surface area contributed by atoms with Crippen LogP contribution < -0.4 is 19.7 Å². The van der Waals surface area contributed by atoms with Gasteiger partial charge in [0.05, 0.1) is 37.9 Å². The fourth-order valence-electron chi connectivity index (χ4n) is 7.00. The Bertz CT molecular complexity index is 2050. The maximum atomic E-state index is 13.4. The summed E-state index contributed by atoms with van der Waals surface area (Å²) in [4.78, 5) is 37.4. The summed E-state index contributed by atoms with van der Waals surface area (Å²) >= 11 is 0. The molecule has 12 heteroatoms. The molecule has 5 aromatic rings. The second kappa shape index (κ2) is 15.1. The van der Waals surface area contributed by atoms with Gasteiger partial charge in [-0.3, -0.25) is 4.79 Å². The first-order valence-electron chi connectivity index (χ1n) is 18.1. The number of nitrogens with one attached hydrogen (secondary N) is 1. The molecule has 2 aliphatic rings. The summed E-state index contributed by atoms with van der Waals surface area (Å²) in [6.45, 7) is 9.39. The van der Waals surface area contributed by atoms with Crippen LogP contribution in [0.4, 0.5) is 16.3 Å². The van der Waals surface area contributed by atoms with Gasteiger partial charge in [-0.1, -0.05) is 54.6 Å². The second-order valence-electron chi connectivity index (χ2n) is 14.6. The number of carbonyl (C=O) groups is 2. The zero-order chi connectivity index (χ0) is 37.1. The number of benzene rings is 3. The highest BCUT2D eigenvalue weighted by Gasteiger charge is 2.33. The number of pyridine rings is 1. The van der Waals surface area contributed by atoms with Gasteiger partial charge in [0, 0.05) is 57.4 Å². The molecule has 2 saturated heterocycles. The van der Waals surface area contributed by atoms with Crippen LogP contribution in [-0.4, -0.2) is 95.2 Å². The van der Waals surface area contributed by atoms with Gasteiger partial charge in [0.2, 0.25) is 5.91 Å². The highest BCUT2D eigenvalue weighted by molar-refractivity contribution is 6.05. The van der Waals surface area contributed by atoms with E-state index in [0.717, 1.165) is 50.5 Å². The molecule has 3 aromatic carbocycles. The lowest BCUT2D eigenvalue weighted by Crippen LogP contribution is -2.50. The van der Waals surface area contributed by atoms with Gasteiger partial charge in [-0.05, 0) is 61.7 Å². The maximum Gasteiger partial charge on any atom is 0.410 e. The van der Waals surface area contributed by atoms with Crippen molar-refractivity contribution in [3.05, 3.63) is 96.2 Å². The van der Waals surface area contributed by atoms with Crippen molar-refractivity contribution in [3.63, 3.8) is 0 Å². The summed E-state index contributed by atoms with van der Waals surface area (Å²) in [5.74, 6) is 2.32. The second-order valence-corrected chi connectivity index (χ2v) is 14.6. The van der Waals surface area contributed by atoms with Gasteiger partial charge in [0.25, 0.3) is 0 Å². The summed E-state index contributed by atoms with van der Waals surface area (Å²) in [5.41, 5.74) is 5.24. The molecule has 0 spiro atoms. The number of likely N-dealkylation sites (tertiary alicyclic amines) is 1. The molecule has 0 bridgehead atoms. The Morgan fingerprint density at radius 2 is 1.47 bits per heavy atom. The molecule has 12 nitrogen and oxygen atoms in total. The molecule has 1 unspecified atom stereocenters. The molecule has 4 heterocycles. The van der Waals surface area contributed by atoms with Crippen LogP contribution in [0.2, 0.25) is 0 Å². The maximum absolute atomic E-state index is 13.4. The fraction of sp³-hybridized carbons (Fsp3) is 0.366. The zero-order valence-corrected chi connectivity index (χ0v) is 31.0. The van der Waals surface area contributed by atoms with Gasteiger partial charge in [-0.15, -0.1) is 0 Å². The summed E-state index contributed by atoms with van der Waals surface area (Å²) in [6, 6.07) is 25.8. The third-order valence-electron chi connectivity index (χ3n) is 9.65. The lowest BCUT2D eigenvalue weighted by Gasteiger charge is -2.37. The van der Waals surface area contributed by atoms with Crippen LogP contribution >= 0.6 is 0 Å². The molecular weight excluding hydrogens is 670 g/mol. The van der Waals surface area contributed by atoms with E-state index in [1.165, 1.54) is 0 Å². The van der Waals surface area contributed by atoms with Crippen LogP contribution in [-0.2, 0) is 22.6 Å². The Kier molecular flexibility index (Phi) is 10.1. The minimum atomic E-state index is -0.573. The van der Waals surface area contributed by atoms with Gasteiger partial charge in [0.15, 0.2) is 11.5 Å². The van der Waals surface area contributed by atoms with Crippen LogP contribution in [0.1, 0.15) is 38.3 Å². The SMILES string of the molecule is COc1ccc(CN2CC(Nc3nn(Cc4ccc(OC)cc4)c4ncc(-c5ccccc5)c(N5CCN(C(=O)OC(C)(C)C)CC5)c34)CC2=O)cc1. The van der Waals surface area contributed by atoms with Crippen molar-refractivity contribution in [3.8, 4) is 22.6 Å². The number of nitrogens with zero attached hydrogens (tertiary/aromatic N) is 6. The molecule has 2 fully saturated rings. The lowest BCUT2D eigenvalue weighted by molar-refractivity contribution is -0.128. The summed E-state index contributed by atoms with van der Waals surface area (Å²) < 4.78 is 18.3. The van der Waals surface area contributed by atoms with Gasteiger partial charge >= 0.3 is 6.09 Å². The Morgan fingerprint density at radius 1 is 0.849 bits per heavy atom. The van der Waals surface area contributed by atoms with Crippen molar-refractivity contribution >= 4 is 34.5 Å². The molecule has 276 valence electrons. The van der Waals surface area contributed by atoms with Crippen LogP contribution in [0, 0.1) is 0 Å². The molecular formula is C41H47N7O5. The average Bonchev–Trinajstić information content (AvgIpc) is 3.69. The molecule has 0 aliphatic carbocycles. The predicted molar refractivity (Wildman–Crippen MR) is 206 cm³/mol. The van der Waals surface area contributed by atoms with Gasteiger partial charge < -0.3 is 34.2 Å². The number of piperazine rings is 1. The molecule has 1 N–H and O–H groups in total. The number of ether oxygens (including phenoxy) is 3. The molecule has 2 aliphatic heterocycles. The van der Waals surface area contributed by atoms with Gasteiger partial charge in [0.1, 0.15) is 17.1 Å². The predicted octanol–water partition coefficient (Wildman–Crippen LogP) is 6.43. The van der Waals surface area contributed by atoms with Crippen LogP contribution in [0.5, 0.6) is 11.5 Å². The normalized spacial score (nSPS) is 16.3. The van der Waals surface area contributed by atoms with E-state index in [1.54, 1.807) is 19.1 Å². The number of carbonyl (C=O) groups excluding carboxylic acids is 2. The fourth-order valence-corrected chi connectivity index (χ4v) is 7.00. The van der Waals surface area contributed by atoms with Crippen LogP contribution in [0.15, 0.2) is 85.1 Å². The van der Waals surface area contributed by atoms with Crippen molar-refractivity contribution < 1.29 is 23.8 Å². The molecule has 0 saturated carbocycles. The van der Waals surface area contributed by atoms with Gasteiger partial charge in [-0.25, -0.2) is 14.5 Å². The first kappa shape index (κ1) is 35.6. The Hall–Kier alpha value is -5.78. The smallest absolute Gasteiger partial charge is 0.410 e. The van der Waals surface area contributed by atoms with E-state index < -0.39 is 5.60 Å². The quantitative estimate of drug-likeness (QED) is 0.175. The molecule has 2 amide bonds. The number of rotatable bonds is 10. The minimum absolute atomic E-state index is 0.0851. The van der Waals surface area contributed by atoms with E-state index in [-0.39, 0.29) is 18.0 Å². The monoisotopic (exact) mass is 717 g/mol. The van der Waals surface area contributed by atoms with E-state index in [0.29, 0.717) is 58.1 Å². The highest BCUT2D eigenvalue weighted by atomic mass is 16.6. The topological polar surface area (TPSA) is 114 Å². The number of anilines is 2. The summed E-state index contributed by atoms with van der Waals surface area (Å²) in [6.07, 6.45) is 1.97. The van der Waals surface area contributed by atoms with Crippen LogP contribution in [0.25, 0.3) is 22.2 Å². The zero-order valence-electron chi connectivity index (χ0n) is 31.0. The van der Waals surface area contributed by atoms with E-state index in [9.17, 15) is 9.59 Å². The third kappa shape index (κ3) is 8.01. The highest BCUT2D eigenvalue weighted by Crippen LogP contribution is 2.41. The average molecular weight is 718 g/mol. The first-order chi connectivity index (χ1) is 25.6. The molecule has 0 radical (unpaired) electrons. The summed E-state index contributed by atoms with van der Waals surface area (Å²) in [7, 11) is 3.30. The van der Waals surface area contributed by atoms with Crippen molar-refractivity contribution in [2.45, 2.75) is 51.9 Å². The third-order valence-corrected chi connectivity index (χ3v) is 9.65. The Labute approximate surface area is 310 Å². The number of aromatic nitrogens is 3. The van der Waals surface area contributed by atoms with E-state index in [4.69, 9.17) is 24.3 Å². The largest absolute Gasteiger partial charge is 0.497 e. The molecule has 7 rings (SSSR count). The van der Waals surface area contributed by atoms with E-state index in [2.05, 4.69) is 22.3 Å². The lowest BCUT2D eigenvalue weighted by atomic mass is 10.0. The number of hydrogen-bond donors (Lipinski definition) is 1. The molecule has 1 atom stereocenters. The number of fused-ring (bicyclic) bond motifs is 1. The molecule has 2 aromatic heterocycles. The number of methoxy groups -OCH3 is 2.